The van der Waals surface area contributed by atoms with Gasteiger partial charge >= 0.3 is 0 Å². The lowest BCUT2D eigenvalue weighted by Crippen LogP contribution is -2.36. The van der Waals surface area contributed by atoms with Crippen LogP contribution in [0.5, 0.6) is 5.88 Å². The SMILES string of the molecule is O=C([C@@H]1CC=CCC1)N1CC[C@@H](Oc2cnccn2)C1. The number of rotatable bonds is 3. The molecule has 5 heteroatoms. The Labute approximate surface area is 118 Å². The minimum atomic E-state index is 0.0368. The molecule has 1 amide bonds. The monoisotopic (exact) mass is 273 g/mol. The topological polar surface area (TPSA) is 55.3 Å². The van der Waals surface area contributed by atoms with Crippen LogP contribution >= 0.6 is 0 Å². The van der Waals surface area contributed by atoms with E-state index in [0.29, 0.717) is 12.4 Å². The lowest BCUT2D eigenvalue weighted by molar-refractivity contribution is -0.135. The molecule has 2 heterocycles. The van der Waals surface area contributed by atoms with Crippen LogP contribution in [0.3, 0.4) is 0 Å². The highest BCUT2D eigenvalue weighted by atomic mass is 16.5. The third-order valence-electron chi connectivity index (χ3n) is 3.90. The van der Waals surface area contributed by atoms with E-state index < -0.39 is 0 Å². The number of hydrogen-bond donors (Lipinski definition) is 0. The molecule has 2 aliphatic rings. The molecule has 5 nitrogen and oxygen atoms in total. The predicted octanol–water partition coefficient (Wildman–Crippen LogP) is 1.81. The molecule has 1 aromatic heterocycles. The molecule has 1 aliphatic carbocycles. The van der Waals surface area contributed by atoms with E-state index in [1.54, 1.807) is 18.6 Å². The number of allylic oxidation sites excluding steroid dienone is 2. The van der Waals surface area contributed by atoms with Crippen molar-refractivity contribution in [3.8, 4) is 5.88 Å². The van der Waals surface area contributed by atoms with Crippen LogP contribution in [0.2, 0.25) is 0 Å². The lowest BCUT2D eigenvalue weighted by Gasteiger charge is -2.24. The van der Waals surface area contributed by atoms with Gasteiger partial charge in [0.2, 0.25) is 11.8 Å². The summed E-state index contributed by atoms with van der Waals surface area (Å²) in [6.07, 6.45) is 12.9. The van der Waals surface area contributed by atoms with E-state index in [1.165, 1.54) is 0 Å². The Kier molecular flexibility index (Phi) is 3.95. The van der Waals surface area contributed by atoms with Crippen molar-refractivity contribution in [2.75, 3.05) is 13.1 Å². The number of amides is 1. The molecule has 106 valence electrons. The highest BCUT2D eigenvalue weighted by Gasteiger charge is 2.31. The fraction of sp³-hybridized carbons (Fsp3) is 0.533. The first-order chi connectivity index (χ1) is 9.83. The Balaban J connectivity index is 1.54. The van der Waals surface area contributed by atoms with Crippen LogP contribution in [-0.4, -0.2) is 40.0 Å². The Morgan fingerprint density at radius 1 is 1.30 bits per heavy atom. The van der Waals surface area contributed by atoms with Crippen LogP contribution in [0.25, 0.3) is 0 Å². The smallest absolute Gasteiger partial charge is 0.232 e. The number of nitrogens with zero attached hydrogens (tertiary/aromatic N) is 3. The van der Waals surface area contributed by atoms with Gasteiger partial charge in [-0.15, -0.1) is 0 Å². The van der Waals surface area contributed by atoms with Crippen LogP contribution in [-0.2, 0) is 4.79 Å². The Morgan fingerprint density at radius 2 is 2.25 bits per heavy atom. The van der Waals surface area contributed by atoms with Crippen LogP contribution in [0.1, 0.15) is 25.7 Å². The second-order valence-electron chi connectivity index (χ2n) is 5.34. The zero-order valence-electron chi connectivity index (χ0n) is 11.4. The standard InChI is InChI=1S/C15H19N3O2/c19-15(12-4-2-1-3-5-12)18-9-6-13(11-18)20-14-10-16-7-8-17-14/h1-2,7-8,10,12-13H,3-6,9,11H2/t12-,13-/m1/s1. The molecule has 1 aliphatic heterocycles. The minimum Gasteiger partial charge on any atom is -0.471 e. The fourth-order valence-corrected chi connectivity index (χ4v) is 2.82. The summed E-state index contributed by atoms with van der Waals surface area (Å²) in [5.41, 5.74) is 0. The maximum atomic E-state index is 12.4. The number of likely N-dealkylation sites (tertiary alicyclic amines) is 1. The van der Waals surface area contributed by atoms with E-state index in [1.807, 2.05) is 4.90 Å². The molecule has 0 aromatic carbocycles. The van der Waals surface area contributed by atoms with Gasteiger partial charge in [-0.2, -0.15) is 0 Å². The van der Waals surface area contributed by atoms with Gasteiger partial charge in [0.05, 0.1) is 12.7 Å². The van der Waals surface area contributed by atoms with E-state index in [9.17, 15) is 4.79 Å². The molecule has 1 saturated heterocycles. The third kappa shape index (κ3) is 2.98. The van der Waals surface area contributed by atoms with Crippen LogP contribution < -0.4 is 4.74 Å². The first kappa shape index (κ1) is 13.1. The summed E-state index contributed by atoms with van der Waals surface area (Å²) in [6, 6.07) is 0. The van der Waals surface area contributed by atoms with E-state index in [2.05, 4.69) is 22.1 Å². The van der Waals surface area contributed by atoms with E-state index in [-0.39, 0.29) is 17.9 Å². The highest BCUT2D eigenvalue weighted by molar-refractivity contribution is 5.79. The average Bonchev–Trinajstić information content (AvgIpc) is 2.97. The van der Waals surface area contributed by atoms with Crippen molar-refractivity contribution in [3.63, 3.8) is 0 Å². The van der Waals surface area contributed by atoms with Crippen molar-refractivity contribution in [2.45, 2.75) is 31.8 Å². The zero-order valence-corrected chi connectivity index (χ0v) is 11.4. The van der Waals surface area contributed by atoms with Gasteiger partial charge in [-0.3, -0.25) is 9.78 Å². The van der Waals surface area contributed by atoms with E-state index in [0.717, 1.165) is 32.2 Å². The van der Waals surface area contributed by atoms with E-state index >= 15 is 0 Å². The Hall–Kier alpha value is -1.91. The van der Waals surface area contributed by atoms with Crippen LogP contribution in [0.4, 0.5) is 0 Å². The average molecular weight is 273 g/mol. The van der Waals surface area contributed by atoms with Crippen molar-refractivity contribution in [2.24, 2.45) is 5.92 Å². The Bertz CT molecular complexity index is 489. The first-order valence-corrected chi connectivity index (χ1v) is 7.19. The van der Waals surface area contributed by atoms with Crippen LogP contribution in [0.15, 0.2) is 30.7 Å². The van der Waals surface area contributed by atoms with Gasteiger partial charge in [-0.25, -0.2) is 4.98 Å². The van der Waals surface area contributed by atoms with Gasteiger partial charge in [0, 0.05) is 31.3 Å². The van der Waals surface area contributed by atoms with Crippen molar-refractivity contribution < 1.29 is 9.53 Å². The molecular weight excluding hydrogens is 254 g/mol. The molecule has 0 bridgehead atoms. The summed E-state index contributed by atoms with van der Waals surface area (Å²) in [6.45, 7) is 1.44. The summed E-state index contributed by atoms with van der Waals surface area (Å²) in [5.74, 6) is 0.974. The van der Waals surface area contributed by atoms with Crippen molar-refractivity contribution in [1.29, 1.82) is 0 Å². The second-order valence-corrected chi connectivity index (χ2v) is 5.34. The zero-order chi connectivity index (χ0) is 13.8. The maximum absolute atomic E-state index is 12.4. The number of carbonyl (C=O) groups is 1. The predicted molar refractivity (Wildman–Crippen MR) is 74.1 cm³/mol. The molecule has 3 rings (SSSR count). The van der Waals surface area contributed by atoms with Gasteiger partial charge in [0.1, 0.15) is 6.10 Å². The molecule has 2 atom stereocenters. The highest BCUT2D eigenvalue weighted by Crippen LogP contribution is 2.24. The molecule has 0 spiro atoms. The van der Waals surface area contributed by atoms with Gasteiger partial charge in [-0.05, 0) is 19.3 Å². The van der Waals surface area contributed by atoms with Gasteiger partial charge in [-0.1, -0.05) is 12.2 Å². The Morgan fingerprint density at radius 3 is 3.00 bits per heavy atom. The van der Waals surface area contributed by atoms with Crippen molar-refractivity contribution in [1.82, 2.24) is 14.9 Å². The van der Waals surface area contributed by atoms with Crippen LogP contribution in [0, 0.1) is 5.92 Å². The van der Waals surface area contributed by atoms with Gasteiger partial charge < -0.3 is 9.64 Å². The molecule has 1 fully saturated rings. The largest absolute Gasteiger partial charge is 0.471 e. The maximum Gasteiger partial charge on any atom is 0.232 e. The number of carbonyl (C=O) groups excluding carboxylic acids is 1. The van der Waals surface area contributed by atoms with Gasteiger partial charge in [0.15, 0.2) is 0 Å². The summed E-state index contributed by atoms with van der Waals surface area (Å²) in [7, 11) is 0. The van der Waals surface area contributed by atoms with Gasteiger partial charge in [0.25, 0.3) is 0 Å². The number of ether oxygens (including phenoxy) is 1. The summed E-state index contributed by atoms with van der Waals surface area (Å²) in [5, 5.41) is 0. The van der Waals surface area contributed by atoms with Crippen molar-refractivity contribution >= 4 is 5.91 Å². The summed E-state index contributed by atoms with van der Waals surface area (Å²) in [4.78, 5) is 22.4. The molecule has 0 saturated carbocycles. The normalized spacial score (nSPS) is 25.7. The molecule has 0 radical (unpaired) electrons. The first-order valence-electron chi connectivity index (χ1n) is 7.19. The summed E-state index contributed by atoms with van der Waals surface area (Å²) < 4.78 is 5.76. The quantitative estimate of drug-likeness (QED) is 0.788. The summed E-state index contributed by atoms with van der Waals surface area (Å²) >= 11 is 0. The third-order valence-corrected chi connectivity index (χ3v) is 3.90. The fourth-order valence-electron chi connectivity index (χ4n) is 2.82. The molecular formula is C15H19N3O2. The molecule has 1 aromatic rings. The molecule has 20 heavy (non-hydrogen) atoms. The lowest BCUT2D eigenvalue weighted by atomic mass is 9.93. The molecule has 0 N–H and O–H groups in total. The molecule has 0 unspecified atom stereocenters. The van der Waals surface area contributed by atoms with E-state index in [4.69, 9.17) is 4.74 Å². The van der Waals surface area contributed by atoms with Crippen molar-refractivity contribution in [3.05, 3.63) is 30.7 Å². The number of aromatic nitrogens is 2. The second kappa shape index (κ2) is 6.03. The number of hydrogen-bond acceptors (Lipinski definition) is 4. The minimum absolute atomic E-state index is 0.0368.